The normalized spacial score (nSPS) is 10.8. The smallest absolute Gasteiger partial charge is 0.225 e. The fourth-order valence-corrected chi connectivity index (χ4v) is 3.02. The molecule has 0 aliphatic carbocycles. The zero-order chi connectivity index (χ0) is 13.1. The van der Waals surface area contributed by atoms with Crippen LogP contribution in [-0.2, 0) is 13.0 Å². The lowest BCUT2D eigenvalue weighted by Gasteiger charge is -2.09. The highest BCUT2D eigenvalue weighted by atomic mass is 35.5. The number of aromatic nitrogens is 3. The minimum absolute atomic E-state index is 0.305. The van der Waals surface area contributed by atoms with E-state index < -0.39 is 0 Å². The van der Waals surface area contributed by atoms with Crippen molar-refractivity contribution in [2.45, 2.75) is 26.8 Å². The number of thiazole rings is 1. The van der Waals surface area contributed by atoms with Gasteiger partial charge in [-0.1, -0.05) is 17.2 Å². The molecule has 18 heavy (non-hydrogen) atoms. The number of rotatable bonds is 4. The Morgan fingerprint density at radius 2 is 2.22 bits per heavy atom. The molecule has 96 valence electrons. The fraction of sp³-hybridized carbons (Fsp3) is 0.417. The monoisotopic (exact) mass is 282 g/mol. The molecule has 2 aromatic rings. The van der Waals surface area contributed by atoms with Gasteiger partial charge in [-0.25, -0.2) is 0 Å². The molecule has 0 aliphatic rings. The van der Waals surface area contributed by atoms with Gasteiger partial charge in [0.05, 0.1) is 4.88 Å². The summed E-state index contributed by atoms with van der Waals surface area (Å²) in [7, 11) is 0. The lowest BCUT2D eigenvalue weighted by atomic mass is 10.2. The maximum absolute atomic E-state index is 7.84. The van der Waals surface area contributed by atoms with Gasteiger partial charge >= 0.3 is 0 Å². The molecule has 0 saturated carbocycles. The maximum atomic E-state index is 7.84. The highest BCUT2D eigenvalue weighted by molar-refractivity contribution is 7.09. The van der Waals surface area contributed by atoms with E-state index in [0.29, 0.717) is 24.1 Å². The van der Waals surface area contributed by atoms with Gasteiger partial charge in [-0.05, 0) is 6.92 Å². The van der Waals surface area contributed by atoms with Crippen molar-refractivity contribution in [3.8, 4) is 0 Å². The van der Waals surface area contributed by atoms with Crippen molar-refractivity contribution in [1.82, 2.24) is 9.97 Å². The van der Waals surface area contributed by atoms with Crippen LogP contribution in [0.2, 0.25) is 0 Å². The van der Waals surface area contributed by atoms with Crippen molar-refractivity contribution in [3.63, 3.8) is 0 Å². The summed E-state index contributed by atoms with van der Waals surface area (Å²) < 4.78 is 2.12. The van der Waals surface area contributed by atoms with E-state index in [9.17, 15) is 0 Å². The van der Waals surface area contributed by atoms with Gasteiger partial charge in [-0.3, -0.25) is 4.98 Å². The molecule has 0 fully saturated rings. The number of aryl methyl sites for hydroxylation is 2. The Morgan fingerprint density at radius 3 is 2.89 bits per heavy atom. The van der Waals surface area contributed by atoms with Crippen molar-refractivity contribution in [2.24, 2.45) is 0 Å². The van der Waals surface area contributed by atoms with E-state index in [1.165, 1.54) is 10.6 Å². The molecule has 2 aromatic heterocycles. The van der Waals surface area contributed by atoms with Gasteiger partial charge in [-0.2, -0.15) is 4.57 Å². The van der Waals surface area contributed by atoms with Crippen LogP contribution in [0, 0.1) is 13.8 Å². The van der Waals surface area contributed by atoms with Crippen molar-refractivity contribution in [3.05, 3.63) is 39.4 Å². The maximum Gasteiger partial charge on any atom is 0.225 e. The zero-order valence-corrected chi connectivity index (χ0v) is 12.0. The van der Waals surface area contributed by atoms with Crippen LogP contribution in [0.4, 0.5) is 5.82 Å². The average molecular weight is 283 g/mol. The largest absolute Gasteiger partial charge is 0.482 e. The van der Waals surface area contributed by atoms with Crippen LogP contribution >= 0.6 is 22.9 Å². The van der Waals surface area contributed by atoms with Crippen molar-refractivity contribution >= 4 is 28.8 Å². The van der Waals surface area contributed by atoms with Gasteiger partial charge in [0, 0.05) is 36.8 Å². The number of nitrogens with one attached hydrogen (secondary N) is 1. The van der Waals surface area contributed by atoms with Crippen molar-refractivity contribution < 1.29 is 4.57 Å². The van der Waals surface area contributed by atoms with Crippen LogP contribution in [0.5, 0.6) is 0 Å². The minimum Gasteiger partial charge on any atom is -0.482 e. The Labute approximate surface area is 115 Å². The second-order valence-electron chi connectivity index (χ2n) is 4.09. The summed E-state index contributed by atoms with van der Waals surface area (Å²) in [6, 6.07) is 0. The fourth-order valence-electron chi connectivity index (χ4n) is 1.73. The highest BCUT2D eigenvalue weighted by Crippen LogP contribution is 2.16. The molecule has 4 nitrogen and oxygen atoms in total. The lowest BCUT2D eigenvalue weighted by molar-refractivity contribution is -0.689. The molecule has 0 aliphatic heterocycles. The second-order valence-corrected chi connectivity index (χ2v) is 5.41. The number of alkyl halides is 1. The molecule has 2 heterocycles. The van der Waals surface area contributed by atoms with E-state index >= 15 is 0 Å². The van der Waals surface area contributed by atoms with Crippen LogP contribution in [-0.4, -0.2) is 15.8 Å². The molecule has 0 saturated heterocycles. The van der Waals surface area contributed by atoms with Gasteiger partial charge in [-0.15, -0.1) is 11.6 Å². The molecule has 0 bridgehead atoms. The quantitative estimate of drug-likeness (QED) is 0.639. The number of hydrogen-bond acceptors (Lipinski definition) is 3. The predicted octanol–water partition coefficient (Wildman–Crippen LogP) is 2.96. The van der Waals surface area contributed by atoms with E-state index in [1.54, 1.807) is 24.5 Å². The molecule has 6 heteroatoms. The molecule has 0 unspecified atom stereocenters. The first-order chi connectivity index (χ1) is 8.61. The van der Waals surface area contributed by atoms with Gasteiger partial charge in [0.2, 0.25) is 5.51 Å². The third-order valence-corrected chi connectivity index (χ3v) is 4.14. The van der Waals surface area contributed by atoms with Crippen LogP contribution in [0.1, 0.15) is 22.0 Å². The Bertz CT molecular complexity index is 553. The Kier molecular flexibility index (Phi) is 4.14. The zero-order valence-electron chi connectivity index (χ0n) is 10.4. The Balaban J connectivity index is 2.23. The van der Waals surface area contributed by atoms with E-state index in [-0.39, 0.29) is 0 Å². The lowest BCUT2D eigenvalue weighted by Crippen LogP contribution is -2.35. The molecular formula is C12H15ClN4S. The molecule has 0 spiro atoms. The first-order valence-corrected chi connectivity index (χ1v) is 7.09. The predicted molar refractivity (Wildman–Crippen MR) is 73.5 cm³/mol. The van der Waals surface area contributed by atoms with E-state index in [0.717, 1.165) is 12.0 Å². The standard InChI is InChI=1S/C12H15ClN4S/c1-8-11(3-4-13)18-7-17(8)6-10-5-15-9(2)16-12(10)14/h5,7H,3-4,6H2,1-2H3,(H-,14,15,16). The van der Waals surface area contributed by atoms with Gasteiger partial charge in [0.25, 0.3) is 0 Å². The van der Waals surface area contributed by atoms with Crippen molar-refractivity contribution in [2.75, 3.05) is 5.88 Å². The molecule has 0 radical (unpaired) electrons. The number of hydrogen-bond donors (Lipinski definition) is 0. The Morgan fingerprint density at radius 1 is 1.44 bits per heavy atom. The third-order valence-electron chi connectivity index (χ3n) is 2.80. The summed E-state index contributed by atoms with van der Waals surface area (Å²) in [5.41, 5.74) is 11.9. The molecule has 1 N–H and O–H groups in total. The molecule has 2 rings (SSSR count). The van der Waals surface area contributed by atoms with E-state index in [2.05, 4.69) is 27.0 Å². The summed E-state index contributed by atoms with van der Waals surface area (Å²) in [4.78, 5) is 9.51. The van der Waals surface area contributed by atoms with E-state index in [1.807, 2.05) is 0 Å². The van der Waals surface area contributed by atoms with Gasteiger partial charge in [0.15, 0.2) is 12.2 Å². The van der Waals surface area contributed by atoms with Crippen molar-refractivity contribution in [1.29, 1.82) is 0 Å². The minimum atomic E-state index is 0.305. The van der Waals surface area contributed by atoms with Gasteiger partial charge in [0.1, 0.15) is 0 Å². The molecular weight excluding hydrogens is 268 g/mol. The summed E-state index contributed by atoms with van der Waals surface area (Å²) in [6.45, 7) is 4.52. The first kappa shape index (κ1) is 13.2. The average Bonchev–Trinajstić information content (AvgIpc) is 2.66. The molecule has 0 atom stereocenters. The number of halogens is 1. The summed E-state index contributed by atoms with van der Waals surface area (Å²) in [5.74, 6) is 1.58. The molecule has 0 aromatic carbocycles. The SMILES string of the molecule is Cc1ncc(C[n+]2csc(CCCl)c2C)c([NH-])n1. The van der Waals surface area contributed by atoms with Crippen LogP contribution in [0.15, 0.2) is 11.7 Å². The first-order valence-electron chi connectivity index (χ1n) is 5.68. The second kappa shape index (κ2) is 5.63. The van der Waals surface area contributed by atoms with Crippen LogP contribution < -0.4 is 4.57 Å². The molecule has 0 amide bonds. The number of nitrogens with zero attached hydrogens (tertiary/aromatic N) is 3. The third kappa shape index (κ3) is 2.79. The van der Waals surface area contributed by atoms with E-state index in [4.69, 9.17) is 17.3 Å². The van der Waals surface area contributed by atoms with Crippen LogP contribution in [0.3, 0.4) is 0 Å². The summed E-state index contributed by atoms with van der Waals surface area (Å²) >= 11 is 7.47. The topological polar surface area (TPSA) is 53.5 Å². The van der Waals surface area contributed by atoms with Crippen LogP contribution in [0.25, 0.3) is 5.73 Å². The summed E-state index contributed by atoms with van der Waals surface area (Å²) in [5, 5.41) is 0. The van der Waals surface area contributed by atoms with Gasteiger partial charge < -0.3 is 10.7 Å². The Hall–Kier alpha value is -1.20. The summed E-state index contributed by atoms with van der Waals surface area (Å²) in [6.07, 6.45) is 2.62. The highest BCUT2D eigenvalue weighted by Gasteiger charge is 2.15.